The summed E-state index contributed by atoms with van der Waals surface area (Å²) in [6.07, 6.45) is 4.40. The van der Waals surface area contributed by atoms with Crippen LogP contribution in [0.1, 0.15) is 25.2 Å². The zero-order chi connectivity index (χ0) is 12.1. The van der Waals surface area contributed by atoms with Crippen LogP contribution in [-0.2, 0) is 13.0 Å². The predicted molar refractivity (Wildman–Crippen MR) is 66.9 cm³/mol. The molecule has 2 rings (SSSR count). The van der Waals surface area contributed by atoms with E-state index in [0.717, 1.165) is 36.8 Å². The van der Waals surface area contributed by atoms with Gasteiger partial charge in [-0.1, -0.05) is 6.07 Å². The second kappa shape index (κ2) is 5.43. The van der Waals surface area contributed by atoms with Crippen molar-refractivity contribution in [2.75, 3.05) is 11.9 Å². The first-order chi connectivity index (χ1) is 8.35. The number of hydrogen-bond acceptors (Lipinski definition) is 4. The van der Waals surface area contributed by atoms with Gasteiger partial charge in [-0.2, -0.15) is 0 Å². The molecule has 0 saturated heterocycles. The first kappa shape index (κ1) is 11.6. The average molecular weight is 231 g/mol. The fourth-order valence-electron chi connectivity index (χ4n) is 1.77. The summed E-state index contributed by atoms with van der Waals surface area (Å²) in [6.45, 7) is 5.86. The molecule has 0 amide bonds. The highest BCUT2D eigenvalue weighted by molar-refractivity contribution is 5.27. The Labute approximate surface area is 101 Å². The lowest BCUT2D eigenvalue weighted by atomic mass is 10.2. The molecule has 2 heterocycles. The van der Waals surface area contributed by atoms with Gasteiger partial charge in [-0.25, -0.2) is 0 Å². The molecule has 0 unspecified atom stereocenters. The highest BCUT2D eigenvalue weighted by Crippen LogP contribution is 2.11. The smallest absolute Gasteiger partial charge is 0.224 e. The van der Waals surface area contributed by atoms with E-state index in [2.05, 4.69) is 45.0 Å². The lowest BCUT2D eigenvalue weighted by Crippen LogP contribution is -2.08. The fraction of sp³-hybridized carbons (Fsp3) is 0.417. The molecule has 0 saturated carbocycles. The monoisotopic (exact) mass is 231 g/mol. The number of nitrogens with one attached hydrogen (secondary N) is 1. The van der Waals surface area contributed by atoms with E-state index in [0.29, 0.717) is 0 Å². The van der Waals surface area contributed by atoms with E-state index in [1.165, 1.54) is 0 Å². The van der Waals surface area contributed by atoms with E-state index < -0.39 is 0 Å². The second-order valence-electron chi connectivity index (χ2n) is 3.75. The summed E-state index contributed by atoms with van der Waals surface area (Å²) < 4.78 is 2.09. The molecule has 0 spiro atoms. The van der Waals surface area contributed by atoms with Crippen LogP contribution in [0.5, 0.6) is 0 Å². The Morgan fingerprint density at radius 2 is 2.18 bits per heavy atom. The van der Waals surface area contributed by atoms with Crippen molar-refractivity contribution in [2.24, 2.45) is 0 Å². The maximum absolute atomic E-state index is 4.22. The maximum Gasteiger partial charge on any atom is 0.224 e. The van der Waals surface area contributed by atoms with E-state index in [-0.39, 0.29) is 0 Å². The molecule has 0 aliphatic carbocycles. The molecule has 0 radical (unpaired) electrons. The highest BCUT2D eigenvalue weighted by Gasteiger charge is 2.10. The van der Waals surface area contributed by atoms with Gasteiger partial charge < -0.3 is 5.32 Å². The van der Waals surface area contributed by atoms with Gasteiger partial charge in [-0.15, -0.1) is 10.2 Å². The third-order valence-corrected chi connectivity index (χ3v) is 2.56. The van der Waals surface area contributed by atoms with Gasteiger partial charge in [0, 0.05) is 31.9 Å². The standard InChI is InChI=1S/C12H17N5/c1-3-14-12-16-15-11(17(12)4-2)8-10-6-5-7-13-9-10/h5-7,9H,3-4,8H2,1-2H3,(H,14,16). The minimum atomic E-state index is 0.764. The van der Waals surface area contributed by atoms with E-state index >= 15 is 0 Å². The Bertz CT molecular complexity index is 463. The van der Waals surface area contributed by atoms with Gasteiger partial charge in [0.1, 0.15) is 5.82 Å². The number of anilines is 1. The normalized spacial score (nSPS) is 10.5. The molecule has 5 heteroatoms. The molecule has 2 aromatic rings. The summed E-state index contributed by atoms with van der Waals surface area (Å²) in [7, 11) is 0. The van der Waals surface area contributed by atoms with Crippen molar-refractivity contribution in [3.63, 3.8) is 0 Å². The lowest BCUT2D eigenvalue weighted by Gasteiger charge is -2.07. The van der Waals surface area contributed by atoms with Crippen LogP contribution in [0.25, 0.3) is 0 Å². The third kappa shape index (κ3) is 2.61. The van der Waals surface area contributed by atoms with Crippen LogP contribution in [-0.4, -0.2) is 26.3 Å². The fourth-order valence-corrected chi connectivity index (χ4v) is 1.77. The number of hydrogen-bond donors (Lipinski definition) is 1. The molecule has 5 nitrogen and oxygen atoms in total. The number of aromatic nitrogens is 4. The topological polar surface area (TPSA) is 55.6 Å². The van der Waals surface area contributed by atoms with Crippen molar-refractivity contribution in [3.05, 3.63) is 35.9 Å². The summed E-state index contributed by atoms with van der Waals surface area (Å²) in [5.74, 6) is 1.81. The molecule has 1 N–H and O–H groups in total. The van der Waals surface area contributed by atoms with Crippen molar-refractivity contribution in [1.82, 2.24) is 19.7 Å². The Hall–Kier alpha value is -1.91. The van der Waals surface area contributed by atoms with Gasteiger partial charge in [0.05, 0.1) is 0 Å². The zero-order valence-electron chi connectivity index (χ0n) is 10.2. The summed E-state index contributed by atoms with van der Waals surface area (Å²) in [6, 6.07) is 3.99. The van der Waals surface area contributed by atoms with Gasteiger partial charge in [0.15, 0.2) is 0 Å². The Kier molecular flexibility index (Phi) is 3.69. The molecule has 90 valence electrons. The molecule has 17 heavy (non-hydrogen) atoms. The van der Waals surface area contributed by atoms with Crippen LogP contribution < -0.4 is 5.32 Å². The first-order valence-corrected chi connectivity index (χ1v) is 5.90. The van der Waals surface area contributed by atoms with Crippen molar-refractivity contribution in [2.45, 2.75) is 26.8 Å². The largest absolute Gasteiger partial charge is 0.355 e. The van der Waals surface area contributed by atoms with Crippen LogP contribution >= 0.6 is 0 Å². The van der Waals surface area contributed by atoms with Crippen molar-refractivity contribution >= 4 is 5.95 Å². The number of pyridine rings is 1. The Morgan fingerprint density at radius 3 is 2.82 bits per heavy atom. The Balaban J connectivity index is 2.21. The molecule has 0 bridgehead atoms. The SMILES string of the molecule is CCNc1nnc(Cc2cccnc2)n1CC. The summed E-state index contributed by atoms with van der Waals surface area (Å²) in [4.78, 5) is 4.11. The molecule has 0 fully saturated rings. The molecular weight excluding hydrogens is 214 g/mol. The maximum atomic E-state index is 4.22. The average Bonchev–Trinajstić information content (AvgIpc) is 2.73. The van der Waals surface area contributed by atoms with Gasteiger partial charge in [-0.3, -0.25) is 9.55 Å². The van der Waals surface area contributed by atoms with Gasteiger partial charge in [0.2, 0.25) is 5.95 Å². The van der Waals surface area contributed by atoms with Crippen LogP contribution in [0.4, 0.5) is 5.95 Å². The van der Waals surface area contributed by atoms with Crippen molar-refractivity contribution in [3.8, 4) is 0 Å². The van der Waals surface area contributed by atoms with E-state index in [1.807, 2.05) is 12.3 Å². The second-order valence-corrected chi connectivity index (χ2v) is 3.75. The van der Waals surface area contributed by atoms with Gasteiger partial charge in [-0.05, 0) is 25.5 Å². The Morgan fingerprint density at radius 1 is 1.29 bits per heavy atom. The first-order valence-electron chi connectivity index (χ1n) is 5.90. The number of rotatable bonds is 5. The van der Waals surface area contributed by atoms with E-state index in [1.54, 1.807) is 6.20 Å². The van der Waals surface area contributed by atoms with Gasteiger partial charge >= 0.3 is 0 Å². The molecule has 0 aliphatic heterocycles. The van der Waals surface area contributed by atoms with Crippen LogP contribution in [0.2, 0.25) is 0 Å². The minimum absolute atomic E-state index is 0.764. The lowest BCUT2D eigenvalue weighted by molar-refractivity contribution is 0.715. The third-order valence-electron chi connectivity index (χ3n) is 2.56. The van der Waals surface area contributed by atoms with E-state index in [4.69, 9.17) is 0 Å². The predicted octanol–water partition coefficient (Wildman–Crippen LogP) is 1.72. The highest BCUT2D eigenvalue weighted by atomic mass is 15.3. The van der Waals surface area contributed by atoms with Crippen LogP contribution in [0, 0.1) is 0 Å². The minimum Gasteiger partial charge on any atom is -0.355 e. The molecular formula is C12H17N5. The summed E-state index contributed by atoms with van der Waals surface area (Å²) in [5, 5.41) is 11.6. The van der Waals surface area contributed by atoms with Crippen LogP contribution in [0.3, 0.4) is 0 Å². The van der Waals surface area contributed by atoms with Crippen molar-refractivity contribution < 1.29 is 0 Å². The van der Waals surface area contributed by atoms with Crippen LogP contribution in [0.15, 0.2) is 24.5 Å². The molecule has 0 aromatic carbocycles. The molecule has 0 atom stereocenters. The molecule has 0 aliphatic rings. The van der Waals surface area contributed by atoms with Crippen molar-refractivity contribution in [1.29, 1.82) is 0 Å². The quantitative estimate of drug-likeness (QED) is 0.851. The number of nitrogens with zero attached hydrogens (tertiary/aromatic N) is 4. The summed E-state index contributed by atoms with van der Waals surface area (Å²) >= 11 is 0. The summed E-state index contributed by atoms with van der Waals surface area (Å²) in [5.41, 5.74) is 1.15. The zero-order valence-corrected chi connectivity index (χ0v) is 10.2. The molecule has 2 aromatic heterocycles. The van der Waals surface area contributed by atoms with Gasteiger partial charge in [0.25, 0.3) is 0 Å². The van der Waals surface area contributed by atoms with E-state index in [9.17, 15) is 0 Å².